The third-order valence-electron chi connectivity index (χ3n) is 3.51. The van der Waals surface area contributed by atoms with Crippen LogP contribution in [0, 0.1) is 0 Å². The van der Waals surface area contributed by atoms with Gasteiger partial charge in [-0.25, -0.2) is 14.3 Å². The molecule has 1 aliphatic heterocycles. The number of rotatable bonds is 4. The van der Waals surface area contributed by atoms with Crippen molar-refractivity contribution in [2.75, 3.05) is 13.1 Å². The van der Waals surface area contributed by atoms with Gasteiger partial charge in [0.2, 0.25) is 0 Å². The molecule has 1 aromatic heterocycles. The van der Waals surface area contributed by atoms with Crippen LogP contribution in [-0.2, 0) is 11.3 Å². The highest BCUT2D eigenvalue weighted by Gasteiger charge is 2.38. The Kier molecular flexibility index (Phi) is 4.88. The molecule has 9 heteroatoms. The zero-order valence-corrected chi connectivity index (χ0v) is 13.7. The largest absolute Gasteiger partial charge is 0.476 e. The lowest BCUT2D eigenvalue weighted by atomic mass is 10.1. The maximum Gasteiger partial charge on any atom is 0.410 e. The Bertz CT molecular complexity index is 592. The van der Waals surface area contributed by atoms with Crippen LogP contribution in [-0.4, -0.2) is 55.8 Å². The molecule has 0 aromatic carbocycles. The average molecular weight is 325 g/mol. The number of nitrogens with two attached hydrogens (primary N) is 1. The summed E-state index contributed by atoms with van der Waals surface area (Å²) < 4.78 is 6.88. The van der Waals surface area contributed by atoms with Crippen LogP contribution < -0.4 is 5.73 Å². The van der Waals surface area contributed by atoms with E-state index in [1.807, 2.05) is 0 Å². The summed E-state index contributed by atoms with van der Waals surface area (Å²) in [5.74, 6) is -1.17. The van der Waals surface area contributed by atoms with Crippen LogP contribution in [0.1, 0.15) is 55.8 Å². The number of carbonyl (C=O) groups excluding carboxylic acids is 1. The fourth-order valence-corrected chi connectivity index (χ4v) is 2.68. The highest BCUT2D eigenvalue weighted by molar-refractivity contribution is 5.87. The van der Waals surface area contributed by atoms with E-state index >= 15 is 0 Å². The van der Waals surface area contributed by atoms with Crippen LogP contribution in [0.25, 0.3) is 0 Å². The zero-order valence-electron chi connectivity index (χ0n) is 13.7. The second-order valence-corrected chi connectivity index (χ2v) is 6.47. The van der Waals surface area contributed by atoms with E-state index in [0.717, 1.165) is 6.42 Å². The van der Waals surface area contributed by atoms with E-state index in [4.69, 9.17) is 10.5 Å². The van der Waals surface area contributed by atoms with Crippen molar-refractivity contribution in [1.29, 1.82) is 0 Å². The Morgan fingerprint density at radius 3 is 2.70 bits per heavy atom. The fourth-order valence-electron chi connectivity index (χ4n) is 2.68. The van der Waals surface area contributed by atoms with Gasteiger partial charge < -0.3 is 15.6 Å². The smallest absolute Gasteiger partial charge is 0.410 e. The molecule has 1 aliphatic rings. The molecule has 9 nitrogen and oxygen atoms in total. The Morgan fingerprint density at radius 2 is 2.13 bits per heavy atom. The fraction of sp³-hybridized carbons (Fsp3) is 0.714. The van der Waals surface area contributed by atoms with Crippen LogP contribution >= 0.6 is 0 Å². The third kappa shape index (κ3) is 3.79. The molecule has 3 N–H and O–H groups in total. The van der Waals surface area contributed by atoms with Crippen molar-refractivity contribution < 1.29 is 19.4 Å². The summed E-state index contributed by atoms with van der Waals surface area (Å²) in [5.41, 5.74) is 5.20. The van der Waals surface area contributed by atoms with Gasteiger partial charge in [-0.3, -0.25) is 4.90 Å². The first kappa shape index (κ1) is 17.2. The van der Waals surface area contributed by atoms with Crippen molar-refractivity contribution in [2.24, 2.45) is 5.73 Å². The van der Waals surface area contributed by atoms with Gasteiger partial charge in [-0.2, -0.15) is 0 Å². The molecule has 0 bridgehead atoms. The maximum absolute atomic E-state index is 12.4. The molecule has 1 fully saturated rings. The van der Waals surface area contributed by atoms with Crippen molar-refractivity contribution in [3.63, 3.8) is 0 Å². The average Bonchev–Trinajstić information content (AvgIpc) is 3.02. The SMILES string of the molecule is CC(C)(C)OC(=O)N1CCCC1c1c(C(=O)O)nnn1CCN. The number of aromatic carboxylic acids is 1. The van der Waals surface area contributed by atoms with Crippen LogP contribution in [0.3, 0.4) is 0 Å². The molecule has 23 heavy (non-hydrogen) atoms. The zero-order chi connectivity index (χ0) is 17.2. The Balaban J connectivity index is 2.34. The van der Waals surface area contributed by atoms with Gasteiger partial charge >= 0.3 is 12.1 Å². The summed E-state index contributed by atoms with van der Waals surface area (Å²) in [6.07, 6.45) is 0.936. The lowest BCUT2D eigenvalue weighted by molar-refractivity contribution is 0.0215. The van der Waals surface area contributed by atoms with Gasteiger partial charge in [0.05, 0.1) is 18.3 Å². The van der Waals surface area contributed by atoms with E-state index in [-0.39, 0.29) is 5.69 Å². The van der Waals surface area contributed by atoms with Crippen LogP contribution in [0.15, 0.2) is 0 Å². The predicted molar refractivity (Wildman–Crippen MR) is 81.0 cm³/mol. The lowest BCUT2D eigenvalue weighted by Gasteiger charge is -2.28. The summed E-state index contributed by atoms with van der Waals surface area (Å²) in [5, 5.41) is 16.9. The van der Waals surface area contributed by atoms with E-state index < -0.39 is 23.7 Å². The molecule has 0 radical (unpaired) electrons. The number of nitrogens with zero attached hydrogens (tertiary/aromatic N) is 4. The number of ether oxygens (including phenoxy) is 1. The van der Waals surface area contributed by atoms with Crippen molar-refractivity contribution in [2.45, 2.75) is 51.8 Å². The van der Waals surface area contributed by atoms with Gasteiger partial charge in [-0.1, -0.05) is 5.21 Å². The highest BCUT2D eigenvalue weighted by Crippen LogP contribution is 2.34. The molecule has 1 amide bonds. The van der Waals surface area contributed by atoms with Crippen LogP contribution in [0.2, 0.25) is 0 Å². The molecule has 0 saturated carbocycles. The van der Waals surface area contributed by atoms with Gasteiger partial charge in [0.15, 0.2) is 5.69 Å². The molecule has 2 rings (SSSR count). The van der Waals surface area contributed by atoms with Crippen molar-refractivity contribution in [3.05, 3.63) is 11.4 Å². The first-order valence-corrected chi connectivity index (χ1v) is 7.61. The molecule has 0 aliphatic carbocycles. The van der Waals surface area contributed by atoms with E-state index in [1.54, 1.807) is 25.7 Å². The van der Waals surface area contributed by atoms with E-state index in [0.29, 0.717) is 31.7 Å². The van der Waals surface area contributed by atoms with Gasteiger partial charge in [0, 0.05) is 13.1 Å². The quantitative estimate of drug-likeness (QED) is 0.846. The normalized spacial score (nSPS) is 18.3. The Labute approximate surface area is 134 Å². The summed E-state index contributed by atoms with van der Waals surface area (Å²) >= 11 is 0. The lowest BCUT2D eigenvalue weighted by Crippen LogP contribution is -2.37. The number of amides is 1. The Hall–Kier alpha value is -2.16. The minimum Gasteiger partial charge on any atom is -0.476 e. The minimum absolute atomic E-state index is 0.140. The number of hydrogen-bond acceptors (Lipinski definition) is 6. The van der Waals surface area contributed by atoms with Gasteiger partial charge in [-0.05, 0) is 33.6 Å². The number of aromatic nitrogens is 3. The number of carboxylic acids is 1. The third-order valence-corrected chi connectivity index (χ3v) is 3.51. The molecule has 128 valence electrons. The molecule has 1 unspecified atom stereocenters. The molecule has 0 spiro atoms. The van der Waals surface area contributed by atoms with Crippen molar-refractivity contribution >= 4 is 12.1 Å². The number of likely N-dealkylation sites (tertiary alicyclic amines) is 1. The number of carboxylic acid groups (broad SMARTS) is 1. The van der Waals surface area contributed by atoms with Crippen LogP contribution in [0.5, 0.6) is 0 Å². The van der Waals surface area contributed by atoms with Crippen LogP contribution in [0.4, 0.5) is 4.79 Å². The van der Waals surface area contributed by atoms with E-state index in [9.17, 15) is 14.7 Å². The van der Waals surface area contributed by atoms with E-state index in [2.05, 4.69) is 10.3 Å². The van der Waals surface area contributed by atoms with Crippen molar-refractivity contribution in [1.82, 2.24) is 19.9 Å². The summed E-state index contributed by atoms with van der Waals surface area (Å²) in [6.45, 7) is 6.52. The molecule has 1 aromatic rings. The summed E-state index contributed by atoms with van der Waals surface area (Å²) in [4.78, 5) is 25.4. The maximum atomic E-state index is 12.4. The molecular weight excluding hydrogens is 302 g/mol. The molecule has 1 atom stereocenters. The molecule has 1 saturated heterocycles. The number of hydrogen-bond donors (Lipinski definition) is 2. The topological polar surface area (TPSA) is 124 Å². The van der Waals surface area contributed by atoms with E-state index in [1.165, 1.54) is 4.68 Å². The highest BCUT2D eigenvalue weighted by atomic mass is 16.6. The Morgan fingerprint density at radius 1 is 1.43 bits per heavy atom. The second kappa shape index (κ2) is 6.53. The minimum atomic E-state index is -1.17. The van der Waals surface area contributed by atoms with Gasteiger partial charge in [0.25, 0.3) is 0 Å². The first-order valence-electron chi connectivity index (χ1n) is 7.61. The first-order chi connectivity index (χ1) is 10.7. The predicted octanol–water partition coefficient (Wildman–Crippen LogP) is 1.01. The molecular formula is C14H23N5O4. The van der Waals surface area contributed by atoms with Crippen molar-refractivity contribution in [3.8, 4) is 0 Å². The molecule has 2 heterocycles. The monoisotopic (exact) mass is 325 g/mol. The van der Waals surface area contributed by atoms with Gasteiger partial charge in [-0.15, -0.1) is 5.10 Å². The summed E-state index contributed by atoms with van der Waals surface area (Å²) in [6, 6.07) is -0.419. The number of carbonyl (C=O) groups is 2. The summed E-state index contributed by atoms with van der Waals surface area (Å²) in [7, 11) is 0. The standard InChI is InChI=1S/C14H23N5O4/c1-14(2,3)23-13(22)18-7-4-5-9(18)11-10(12(20)21)16-17-19(11)8-6-15/h9H,4-8,15H2,1-3H3,(H,20,21). The van der Waals surface area contributed by atoms with Gasteiger partial charge in [0.1, 0.15) is 5.60 Å². The second-order valence-electron chi connectivity index (χ2n) is 6.47.